The molecule has 1 unspecified atom stereocenters. The van der Waals surface area contributed by atoms with Crippen molar-refractivity contribution in [1.29, 1.82) is 0 Å². The number of primary amides is 1. The minimum absolute atomic E-state index is 0.00982. The van der Waals surface area contributed by atoms with Crippen LogP contribution >= 0.6 is 0 Å². The maximum Gasteiger partial charge on any atom is 0.268 e. The molecule has 3 aromatic rings. The van der Waals surface area contributed by atoms with E-state index in [0.29, 0.717) is 11.3 Å². The Morgan fingerprint density at radius 3 is 2.69 bits per heavy atom. The summed E-state index contributed by atoms with van der Waals surface area (Å²) in [5.74, 6) is -6.20. The highest BCUT2D eigenvalue weighted by molar-refractivity contribution is 6.03. The maximum atomic E-state index is 14.8. The van der Waals surface area contributed by atoms with Gasteiger partial charge in [0.25, 0.3) is 11.8 Å². The van der Waals surface area contributed by atoms with Crippen molar-refractivity contribution in [3.8, 4) is 5.75 Å². The van der Waals surface area contributed by atoms with Crippen molar-refractivity contribution in [1.82, 2.24) is 9.97 Å². The number of aromatic amines is 1. The van der Waals surface area contributed by atoms with Crippen LogP contribution in [0.1, 0.15) is 53.3 Å². The van der Waals surface area contributed by atoms with E-state index in [0.717, 1.165) is 0 Å². The summed E-state index contributed by atoms with van der Waals surface area (Å²) >= 11 is 0. The monoisotopic (exact) mass is 445 g/mol. The number of amides is 1. The molecule has 32 heavy (non-hydrogen) atoms. The lowest BCUT2D eigenvalue weighted by Crippen LogP contribution is -2.38. The highest BCUT2D eigenvalue weighted by Crippen LogP contribution is 2.53. The van der Waals surface area contributed by atoms with Gasteiger partial charge in [-0.3, -0.25) is 14.6 Å². The van der Waals surface area contributed by atoms with E-state index in [1.807, 2.05) is 0 Å². The number of pyridine rings is 2. The minimum atomic E-state index is -2.96. The molecule has 1 aromatic carbocycles. The topological polar surface area (TPSA) is 98.1 Å². The number of nitrogens with two attached hydrogens (primary N) is 1. The molecule has 3 N–H and O–H groups in total. The second-order valence-corrected chi connectivity index (χ2v) is 8.24. The summed E-state index contributed by atoms with van der Waals surface area (Å²) in [6.45, 7) is 1.48. The SMILES string of the molecule is COc1cc(F)ccc1[C@@H]1C[C@@H](C)C(F)(F)CC1c1cc(=O)c2c(C(N)=O)nccc2[nH]1. The average Bonchev–Trinajstić information content (AvgIpc) is 2.74. The van der Waals surface area contributed by atoms with Crippen molar-refractivity contribution in [2.45, 2.75) is 37.5 Å². The number of H-pyrrole nitrogens is 1. The molecule has 4 rings (SSSR count). The molecular weight excluding hydrogens is 423 g/mol. The molecule has 9 heteroatoms. The van der Waals surface area contributed by atoms with Gasteiger partial charge >= 0.3 is 0 Å². The van der Waals surface area contributed by atoms with Crippen LogP contribution in [-0.4, -0.2) is 28.9 Å². The van der Waals surface area contributed by atoms with E-state index in [9.17, 15) is 22.8 Å². The molecule has 2 aromatic heterocycles. The zero-order valence-corrected chi connectivity index (χ0v) is 17.5. The van der Waals surface area contributed by atoms with E-state index in [4.69, 9.17) is 10.5 Å². The van der Waals surface area contributed by atoms with Crippen LogP contribution in [0.3, 0.4) is 0 Å². The first-order chi connectivity index (χ1) is 15.1. The zero-order chi connectivity index (χ0) is 23.2. The Labute approximate surface area is 181 Å². The summed E-state index contributed by atoms with van der Waals surface area (Å²) in [6.07, 6.45) is 0.928. The van der Waals surface area contributed by atoms with E-state index < -0.39 is 47.3 Å². The van der Waals surface area contributed by atoms with Crippen LogP contribution in [-0.2, 0) is 0 Å². The third-order valence-electron chi connectivity index (χ3n) is 6.30. The summed E-state index contributed by atoms with van der Waals surface area (Å²) in [5, 5.41) is 0.00982. The number of methoxy groups -OCH3 is 1. The molecule has 1 aliphatic carbocycles. The van der Waals surface area contributed by atoms with Gasteiger partial charge in [-0.05, 0) is 30.0 Å². The quantitative estimate of drug-likeness (QED) is 0.632. The van der Waals surface area contributed by atoms with Crippen molar-refractivity contribution in [2.75, 3.05) is 7.11 Å². The van der Waals surface area contributed by atoms with Gasteiger partial charge in [-0.25, -0.2) is 13.2 Å². The first-order valence-corrected chi connectivity index (χ1v) is 10.2. The van der Waals surface area contributed by atoms with Gasteiger partial charge in [-0.1, -0.05) is 13.0 Å². The lowest BCUT2D eigenvalue weighted by molar-refractivity contribution is -0.0906. The Morgan fingerprint density at radius 1 is 1.25 bits per heavy atom. The van der Waals surface area contributed by atoms with E-state index in [-0.39, 0.29) is 28.8 Å². The van der Waals surface area contributed by atoms with E-state index in [1.54, 1.807) is 0 Å². The van der Waals surface area contributed by atoms with E-state index in [1.165, 1.54) is 50.6 Å². The highest BCUT2D eigenvalue weighted by Gasteiger charge is 2.48. The molecule has 1 fully saturated rings. The largest absolute Gasteiger partial charge is 0.496 e. The number of nitrogens with zero attached hydrogens (tertiary/aromatic N) is 1. The number of benzene rings is 1. The number of alkyl halides is 2. The zero-order valence-electron chi connectivity index (χ0n) is 17.5. The van der Waals surface area contributed by atoms with Gasteiger partial charge in [0.15, 0.2) is 5.43 Å². The summed E-state index contributed by atoms with van der Waals surface area (Å²) in [5.41, 5.74) is 5.77. The van der Waals surface area contributed by atoms with Gasteiger partial charge in [0.2, 0.25) is 0 Å². The Balaban J connectivity index is 1.89. The third kappa shape index (κ3) is 3.72. The smallest absolute Gasteiger partial charge is 0.268 e. The second-order valence-electron chi connectivity index (χ2n) is 8.24. The van der Waals surface area contributed by atoms with Crippen molar-refractivity contribution in [3.05, 3.63) is 69.5 Å². The average molecular weight is 445 g/mol. The lowest BCUT2D eigenvalue weighted by atomic mass is 9.68. The number of fused-ring (bicyclic) bond motifs is 1. The predicted octanol–water partition coefficient (Wildman–Crippen LogP) is 4.10. The molecule has 1 aliphatic rings. The molecule has 0 radical (unpaired) electrons. The summed E-state index contributed by atoms with van der Waals surface area (Å²) in [4.78, 5) is 31.5. The molecule has 2 heterocycles. The number of carbonyl (C=O) groups is 1. The van der Waals surface area contributed by atoms with Gasteiger partial charge in [0.1, 0.15) is 17.3 Å². The van der Waals surface area contributed by atoms with Gasteiger partial charge in [0.05, 0.1) is 18.0 Å². The van der Waals surface area contributed by atoms with Gasteiger partial charge < -0.3 is 15.5 Å². The first-order valence-electron chi connectivity index (χ1n) is 10.2. The first kappa shape index (κ1) is 21.9. The maximum absolute atomic E-state index is 14.8. The Kier molecular flexibility index (Phi) is 5.44. The number of ether oxygens (including phenoxy) is 1. The van der Waals surface area contributed by atoms with Crippen LogP contribution < -0.4 is 15.9 Å². The lowest BCUT2D eigenvalue weighted by Gasteiger charge is -2.40. The van der Waals surface area contributed by atoms with Crippen LogP contribution in [0, 0.1) is 11.7 Å². The molecule has 0 aliphatic heterocycles. The van der Waals surface area contributed by atoms with Crippen LogP contribution in [0.2, 0.25) is 0 Å². The minimum Gasteiger partial charge on any atom is -0.496 e. The fraction of sp³-hybridized carbons (Fsp3) is 0.348. The number of hydrogen-bond acceptors (Lipinski definition) is 4. The van der Waals surface area contributed by atoms with Crippen molar-refractivity contribution in [3.63, 3.8) is 0 Å². The molecule has 3 atom stereocenters. The van der Waals surface area contributed by atoms with Gasteiger partial charge in [-0.2, -0.15) is 0 Å². The third-order valence-corrected chi connectivity index (χ3v) is 6.30. The van der Waals surface area contributed by atoms with Crippen LogP contribution in [0.5, 0.6) is 5.75 Å². The Hall–Kier alpha value is -3.36. The molecule has 0 bridgehead atoms. The number of halogens is 3. The molecule has 168 valence electrons. The number of nitrogens with one attached hydrogen (secondary N) is 1. The van der Waals surface area contributed by atoms with Crippen LogP contribution in [0.15, 0.2) is 41.3 Å². The predicted molar refractivity (Wildman–Crippen MR) is 113 cm³/mol. The highest BCUT2D eigenvalue weighted by atomic mass is 19.3. The number of hydrogen-bond donors (Lipinski definition) is 2. The van der Waals surface area contributed by atoms with Crippen molar-refractivity contribution < 1.29 is 22.7 Å². The van der Waals surface area contributed by atoms with Crippen LogP contribution in [0.25, 0.3) is 10.9 Å². The van der Waals surface area contributed by atoms with E-state index >= 15 is 0 Å². The summed E-state index contributed by atoms with van der Waals surface area (Å²) in [7, 11) is 1.39. The fourth-order valence-electron chi connectivity index (χ4n) is 4.62. The summed E-state index contributed by atoms with van der Waals surface area (Å²) in [6, 6.07) is 6.73. The van der Waals surface area contributed by atoms with E-state index in [2.05, 4.69) is 9.97 Å². The molecule has 1 amide bonds. The number of aromatic nitrogens is 2. The molecule has 1 saturated carbocycles. The number of rotatable bonds is 4. The second kappa shape index (κ2) is 7.96. The molecular formula is C23H22F3N3O3. The normalized spacial score (nSPS) is 22.6. The Morgan fingerprint density at radius 2 is 2.00 bits per heavy atom. The summed E-state index contributed by atoms with van der Waals surface area (Å²) < 4.78 is 48.7. The fourth-order valence-corrected chi connectivity index (χ4v) is 4.62. The van der Waals surface area contributed by atoms with Crippen molar-refractivity contribution in [2.24, 2.45) is 11.7 Å². The standard InChI is InChI=1S/C23H22F3N3O3/c1-11-7-14(13-4-3-12(24)8-19(13)32-2)15(10-23(11,25)26)17-9-18(30)20-16(29-17)5-6-28-21(20)22(27)31/h3-6,8-9,11,14-15H,7,10H2,1-2H3,(H2,27,31)(H,29,30)/t11-,14+,15?/m1/s1. The van der Waals surface area contributed by atoms with Gasteiger partial charge in [0, 0.05) is 42.3 Å². The molecule has 0 spiro atoms. The number of carbonyl (C=O) groups excluding carboxylic acids is 1. The van der Waals surface area contributed by atoms with Crippen molar-refractivity contribution >= 4 is 16.8 Å². The Bertz CT molecular complexity index is 1260. The van der Waals surface area contributed by atoms with Gasteiger partial charge in [-0.15, -0.1) is 0 Å². The van der Waals surface area contributed by atoms with Crippen LogP contribution in [0.4, 0.5) is 13.2 Å². The molecule has 6 nitrogen and oxygen atoms in total. The molecule has 0 saturated heterocycles.